The molecule has 6 heteroatoms. The number of benzene rings is 2. The maximum Gasteiger partial charge on any atom is 0.170 e. The van der Waals surface area contributed by atoms with Crippen LogP contribution >= 0.6 is 23.8 Å². The molecule has 3 rings (SSSR count). The summed E-state index contributed by atoms with van der Waals surface area (Å²) < 4.78 is 11.5. The number of anilines is 1. The van der Waals surface area contributed by atoms with E-state index in [-0.39, 0.29) is 6.10 Å². The topological polar surface area (TPSA) is 42.5 Å². The summed E-state index contributed by atoms with van der Waals surface area (Å²) in [6.07, 6.45) is -0.0914. The van der Waals surface area contributed by atoms with Gasteiger partial charge in [0.25, 0.3) is 0 Å². The van der Waals surface area contributed by atoms with Crippen molar-refractivity contribution in [2.24, 2.45) is 0 Å². The Kier molecular flexibility index (Phi) is 4.88. The van der Waals surface area contributed by atoms with Gasteiger partial charge in [0.1, 0.15) is 12.7 Å². The number of fused-ring (bicyclic) bond motifs is 1. The normalized spacial score (nSPS) is 15.8. The monoisotopic (exact) mass is 348 g/mol. The molecule has 0 radical (unpaired) electrons. The van der Waals surface area contributed by atoms with Crippen LogP contribution in [0.3, 0.4) is 0 Å². The Morgan fingerprint density at radius 1 is 1.26 bits per heavy atom. The molecule has 1 atom stereocenters. The van der Waals surface area contributed by atoms with E-state index in [1.54, 1.807) is 0 Å². The highest BCUT2D eigenvalue weighted by molar-refractivity contribution is 7.80. The van der Waals surface area contributed by atoms with Crippen molar-refractivity contribution in [2.45, 2.75) is 13.0 Å². The minimum absolute atomic E-state index is 0.0914. The van der Waals surface area contributed by atoms with E-state index in [1.807, 2.05) is 49.4 Å². The first-order valence-electron chi connectivity index (χ1n) is 7.31. The van der Waals surface area contributed by atoms with Crippen LogP contribution in [0.2, 0.25) is 5.02 Å². The van der Waals surface area contributed by atoms with Crippen LogP contribution in [0, 0.1) is 6.92 Å². The van der Waals surface area contributed by atoms with E-state index in [0.29, 0.717) is 23.3 Å². The molecule has 0 fully saturated rings. The van der Waals surface area contributed by atoms with Gasteiger partial charge in [0.2, 0.25) is 0 Å². The number of nitrogens with one attached hydrogen (secondary N) is 2. The average molecular weight is 349 g/mol. The van der Waals surface area contributed by atoms with Crippen LogP contribution in [0.15, 0.2) is 42.5 Å². The van der Waals surface area contributed by atoms with Gasteiger partial charge in [0.05, 0.1) is 6.54 Å². The van der Waals surface area contributed by atoms with E-state index in [4.69, 9.17) is 33.3 Å². The second-order valence-electron chi connectivity index (χ2n) is 5.30. The zero-order valence-electron chi connectivity index (χ0n) is 12.6. The van der Waals surface area contributed by atoms with Gasteiger partial charge in [0, 0.05) is 10.7 Å². The predicted octanol–water partition coefficient (Wildman–Crippen LogP) is 3.77. The smallest absolute Gasteiger partial charge is 0.170 e. The van der Waals surface area contributed by atoms with Crippen molar-refractivity contribution in [1.82, 2.24) is 5.32 Å². The largest absolute Gasteiger partial charge is 0.486 e. The number of rotatable bonds is 3. The van der Waals surface area contributed by atoms with E-state index in [0.717, 1.165) is 22.7 Å². The summed E-state index contributed by atoms with van der Waals surface area (Å²) in [5.41, 5.74) is 1.88. The van der Waals surface area contributed by atoms with Crippen molar-refractivity contribution in [3.63, 3.8) is 0 Å². The molecule has 0 aromatic heterocycles. The highest BCUT2D eigenvalue weighted by Gasteiger charge is 2.20. The quantitative estimate of drug-likeness (QED) is 0.826. The number of halogens is 1. The summed E-state index contributed by atoms with van der Waals surface area (Å²) in [5.74, 6) is 1.54. The molecule has 0 saturated heterocycles. The molecule has 0 saturated carbocycles. The van der Waals surface area contributed by atoms with E-state index < -0.39 is 0 Å². The number of hydrogen-bond donors (Lipinski definition) is 2. The van der Waals surface area contributed by atoms with E-state index >= 15 is 0 Å². The number of ether oxygens (including phenoxy) is 2. The van der Waals surface area contributed by atoms with Crippen LogP contribution in [-0.4, -0.2) is 24.4 Å². The van der Waals surface area contributed by atoms with Crippen molar-refractivity contribution in [3.05, 3.63) is 53.1 Å². The summed E-state index contributed by atoms with van der Waals surface area (Å²) in [5, 5.41) is 7.47. The van der Waals surface area contributed by atoms with Crippen molar-refractivity contribution < 1.29 is 9.47 Å². The minimum Gasteiger partial charge on any atom is -0.486 e. The summed E-state index contributed by atoms with van der Waals surface area (Å²) in [4.78, 5) is 0. The van der Waals surface area contributed by atoms with Crippen LogP contribution < -0.4 is 20.1 Å². The molecule has 1 aliphatic rings. The maximum absolute atomic E-state index is 6.10. The van der Waals surface area contributed by atoms with Crippen LogP contribution in [-0.2, 0) is 0 Å². The Balaban J connectivity index is 1.51. The molecule has 1 aliphatic heterocycles. The number of hydrogen-bond acceptors (Lipinski definition) is 3. The molecule has 120 valence electrons. The predicted molar refractivity (Wildman–Crippen MR) is 96.8 cm³/mol. The highest BCUT2D eigenvalue weighted by Crippen LogP contribution is 2.30. The molecular formula is C17H17ClN2O2S. The lowest BCUT2D eigenvalue weighted by atomic mass is 10.2. The molecule has 2 aromatic carbocycles. The second-order valence-corrected chi connectivity index (χ2v) is 6.11. The molecule has 1 heterocycles. The summed E-state index contributed by atoms with van der Waals surface area (Å²) in [7, 11) is 0. The van der Waals surface area contributed by atoms with Crippen LogP contribution in [0.5, 0.6) is 11.5 Å². The first-order valence-corrected chi connectivity index (χ1v) is 8.10. The molecular weight excluding hydrogens is 332 g/mol. The summed E-state index contributed by atoms with van der Waals surface area (Å²) in [6.45, 7) is 3.00. The molecule has 0 spiro atoms. The Labute approximate surface area is 145 Å². The lowest BCUT2D eigenvalue weighted by Gasteiger charge is -2.27. The van der Waals surface area contributed by atoms with E-state index in [1.165, 1.54) is 0 Å². The Hall–Kier alpha value is -1.98. The Morgan fingerprint density at radius 2 is 2.04 bits per heavy atom. The molecule has 23 heavy (non-hydrogen) atoms. The van der Waals surface area contributed by atoms with Gasteiger partial charge in [-0.25, -0.2) is 0 Å². The van der Waals surface area contributed by atoms with Crippen LogP contribution in [0.1, 0.15) is 5.56 Å². The molecule has 2 N–H and O–H groups in total. The van der Waals surface area contributed by atoms with Gasteiger partial charge in [-0.05, 0) is 49.0 Å². The number of aryl methyl sites for hydroxylation is 1. The maximum atomic E-state index is 6.10. The summed E-state index contributed by atoms with van der Waals surface area (Å²) in [6, 6.07) is 13.4. The first kappa shape index (κ1) is 15.9. The SMILES string of the molecule is Cc1ccc(NC(=S)NC[C@H]2COc3ccccc3O2)cc1Cl. The van der Waals surface area contributed by atoms with Gasteiger partial charge in [-0.3, -0.25) is 0 Å². The fourth-order valence-electron chi connectivity index (χ4n) is 2.22. The second kappa shape index (κ2) is 7.06. The summed E-state index contributed by atoms with van der Waals surface area (Å²) >= 11 is 11.4. The minimum atomic E-state index is -0.0914. The van der Waals surface area contributed by atoms with Gasteiger partial charge in [-0.1, -0.05) is 29.8 Å². The van der Waals surface area contributed by atoms with Crippen molar-refractivity contribution in [1.29, 1.82) is 0 Å². The average Bonchev–Trinajstić information content (AvgIpc) is 2.56. The number of para-hydroxylation sites is 2. The van der Waals surface area contributed by atoms with E-state index in [9.17, 15) is 0 Å². The van der Waals surface area contributed by atoms with E-state index in [2.05, 4.69) is 10.6 Å². The Morgan fingerprint density at radius 3 is 2.83 bits per heavy atom. The fourth-order valence-corrected chi connectivity index (χ4v) is 2.60. The van der Waals surface area contributed by atoms with Gasteiger partial charge < -0.3 is 20.1 Å². The third-order valence-electron chi connectivity index (χ3n) is 3.49. The van der Waals surface area contributed by atoms with Crippen LogP contribution in [0.4, 0.5) is 5.69 Å². The van der Waals surface area contributed by atoms with Crippen molar-refractivity contribution >= 4 is 34.6 Å². The lowest BCUT2D eigenvalue weighted by molar-refractivity contribution is 0.0939. The molecule has 0 aliphatic carbocycles. The van der Waals surface area contributed by atoms with Gasteiger partial charge in [0.15, 0.2) is 16.6 Å². The van der Waals surface area contributed by atoms with Gasteiger partial charge in [-0.15, -0.1) is 0 Å². The van der Waals surface area contributed by atoms with Gasteiger partial charge in [-0.2, -0.15) is 0 Å². The molecule has 0 unspecified atom stereocenters. The molecule has 2 aromatic rings. The standard InChI is InChI=1S/C17H17ClN2O2S/c1-11-6-7-12(8-14(11)18)20-17(23)19-9-13-10-21-15-4-2-3-5-16(15)22-13/h2-8,13H,9-10H2,1H3,(H2,19,20,23)/t13-/m0/s1. The molecule has 0 bridgehead atoms. The third-order valence-corrected chi connectivity index (χ3v) is 4.14. The van der Waals surface area contributed by atoms with Crippen molar-refractivity contribution in [2.75, 3.05) is 18.5 Å². The fraction of sp³-hybridized carbons (Fsp3) is 0.235. The Bertz CT molecular complexity index is 723. The highest BCUT2D eigenvalue weighted by atomic mass is 35.5. The third kappa shape index (κ3) is 4.06. The molecule has 4 nitrogen and oxygen atoms in total. The zero-order chi connectivity index (χ0) is 16.2. The van der Waals surface area contributed by atoms with Gasteiger partial charge >= 0.3 is 0 Å². The zero-order valence-corrected chi connectivity index (χ0v) is 14.2. The number of thiocarbonyl (C=S) groups is 1. The first-order chi connectivity index (χ1) is 11.1. The molecule has 0 amide bonds. The lowest BCUT2D eigenvalue weighted by Crippen LogP contribution is -2.42. The van der Waals surface area contributed by atoms with Crippen LogP contribution in [0.25, 0.3) is 0 Å². The van der Waals surface area contributed by atoms with Crippen molar-refractivity contribution in [3.8, 4) is 11.5 Å².